The number of hydrogen-bond donors (Lipinski definition) is 1. The van der Waals surface area contributed by atoms with E-state index < -0.39 is 96.6 Å². The highest BCUT2D eigenvalue weighted by atomic mass is 19.1. The number of carbonyl (C=O) groups excluding carboxylic acids is 4. The standard InChI is InChI=1S/C47H49F2N5O5/c1-2-36(32-9-5-3-6-10-32)41(33-11-7-4-8-12-33)34-13-15-35(16-14-34)59-28-27-51-21-19-31(20-22-51)30-52-23-25-53(26-24-52)39-29-37(48)42-43(44(39)49)47(58)54(46(42)57)38-17-18-40(55)50-45(38)56/h3-16,29,31,38H,2,17-28,30H2,1H3,(H,50,55,56)/i23D2,24D2,25D2,26D2. The van der Waals surface area contributed by atoms with Crippen LogP contribution >= 0.6 is 0 Å². The van der Waals surface area contributed by atoms with Crippen LogP contribution in [0.2, 0.25) is 0 Å². The van der Waals surface area contributed by atoms with Gasteiger partial charge in [-0.05, 0) is 84.7 Å². The Morgan fingerprint density at radius 2 is 1.41 bits per heavy atom. The number of carbonyl (C=O) groups is 4. The van der Waals surface area contributed by atoms with Gasteiger partial charge in [-0.1, -0.05) is 79.7 Å². The molecule has 0 saturated carbocycles. The number of allylic oxidation sites excluding steroid dienone is 1. The Hall–Kier alpha value is -5.72. The Morgan fingerprint density at radius 1 is 0.780 bits per heavy atom. The lowest BCUT2D eigenvalue weighted by Gasteiger charge is -2.39. The zero-order valence-corrected chi connectivity index (χ0v) is 32.5. The summed E-state index contributed by atoms with van der Waals surface area (Å²) in [5.74, 6) is -7.84. The van der Waals surface area contributed by atoms with E-state index in [0.717, 1.165) is 28.7 Å². The van der Waals surface area contributed by atoms with Crippen molar-refractivity contribution in [2.75, 3.05) is 63.7 Å². The van der Waals surface area contributed by atoms with Crippen LogP contribution in [0.4, 0.5) is 14.5 Å². The van der Waals surface area contributed by atoms with E-state index in [9.17, 15) is 19.2 Å². The fraction of sp³-hybridized carbons (Fsp3) is 0.362. The van der Waals surface area contributed by atoms with Crippen molar-refractivity contribution in [3.05, 3.63) is 130 Å². The van der Waals surface area contributed by atoms with Crippen molar-refractivity contribution in [2.24, 2.45) is 5.92 Å². The van der Waals surface area contributed by atoms with Crippen molar-refractivity contribution in [3.63, 3.8) is 0 Å². The Kier molecular flexibility index (Phi) is 9.34. The summed E-state index contributed by atoms with van der Waals surface area (Å²) in [4.78, 5) is 53.7. The quantitative estimate of drug-likeness (QED) is 0.126. The molecule has 12 heteroatoms. The SMILES string of the molecule is [2H]C1([2H])N(CC2CCN(CCOc3ccc(C(=C(CC)c4ccccc4)c4ccccc4)cc3)CC2)C([2H])([2H])C([2H])([2H])N(c2cc(F)c3c(c2F)C(=O)N(C2CCC(=O)NC2=O)C3=O)C1([2H])[2H]. The molecule has 3 fully saturated rings. The van der Waals surface area contributed by atoms with Gasteiger partial charge in [0.25, 0.3) is 11.8 Å². The summed E-state index contributed by atoms with van der Waals surface area (Å²) in [6.07, 6.45) is 1.05. The lowest BCUT2D eigenvalue weighted by Crippen LogP contribution is -2.54. The van der Waals surface area contributed by atoms with E-state index in [1.807, 2.05) is 66.0 Å². The van der Waals surface area contributed by atoms with E-state index in [0.29, 0.717) is 49.7 Å². The van der Waals surface area contributed by atoms with E-state index >= 15 is 8.78 Å². The smallest absolute Gasteiger partial charge is 0.265 e. The van der Waals surface area contributed by atoms with Gasteiger partial charge in [-0.25, -0.2) is 8.78 Å². The molecule has 0 bridgehead atoms. The predicted molar refractivity (Wildman–Crippen MR) is 222 cm³/mol. The highest BCUT2D eigenvalue weighted by molar-refractivity contribution is 6.24. The van der Waals surface area contributed by atoms with Crippen LogP contribution in [0.1, 0.15) is 87.4 Å². The maximum atomic E-state index is 16.6. The van der Waals surface area contributed by atoms with Gasteiger partial charge >= 0.3 is 0 Å². The zero-order valence-electron chi connectivity index (χ0n) is 40.5. The maximum absolute atomic E-state index is 16.6. The first kappa shape index (κ1) is 31.2. The van der Waals surface area contributed by atoms with Crippen molar-refractivity contribution in [1.82, 2.24) is 20.0 Å². The minimum absolute atomic E-state index is 0.191. The van der Waals surface area contributed by atoms with Gasteiger partial charge in [0.05, 0.1) is 22.3 Å². The lowest BCUT2D eigenvalue weighted by atomic mass is 9.88. The van der Waals surface area contributed by atoms with E-state index in [-0.39, 0.29) is 28.7 Å². The minimum atomic E-state index is -3.62. The van der Waals surface area contributed by atoms with Crippen LogP contribution in [0, 0.1) is 17.6 Å². The van der Waals surface area contributed by atoms with Gasteiger partial charge in [0.15, 0.2) is 5.82 Å². The van der Waals surface area contributed by atoms with Gasteiger partial charge in [-0.3, -0.25) is 39.2 Å². The fourth-order valence-corrected chi connectivity index (χ4v) is 8.16. The molecule has 0 aliphatic carbocycles. The molecule has 0 aromatic heterocycles. The molecular weight excluding hydrogens is 753 g/mol. The van der Waals surface area contributed by atoms with Crippen LogP contribution in [0.15, 0.2) is 91.0 Å². The molecule has 1 atom stereocenters. The van der Waals surface area contributed by atoms with Crippen molar-refractivity contribution in [3.8, 4) is 5.75 Å². The number of piperidine rings is 2. The second kappa shape index (κ2) is 17.6. The number of piperazine rings is 1. The Balaban J connectivity index is 0.928. The zero-order chi connectivity index (χ0) is 48.2. The molecule has 59 heavy (non-hydrogen) atoms. The monoisotopic (exact) mass is 809 g/mol. The molecule has 4 aromatic carbocycles. The normalized spacial score (nSPS) is 25.2. The summed E-state index contributed by atoms with van der Waals surface area (Å²) in [5.41, 5.74) is 1.94. The van der Waals surface area contributed by atoms with E-state index in [2.05, 4.69) is 36.1 Å². The number of rotatable bonds is 12. The molecule has 8 rings (SSSR count). The van der Waals surface area contributed by atoms with Crippen molar-refractivity contribution >= 4 is 40.5 Å². The predicted octanol–water partition coefficient (Wildman–Crippen LogP) is 6.65. The lowest BCUT2D eigenvalue weighted by molar-refractivity contribution is -0.136. The topological polar surface area (TPSA) is 102 Å². The van der Waals surface area contributed by atoms with Crippen molar-refractivity contribution in [1.29, 1.82) is 0 Å². The van der Waals surface area contributed by atoms with Gasteiger partial charge < -0.3 is 9.64 Å². The number of likely N-dealkylation sites (tertiary alicyclic amines) is 1. The van der Waals surface area contributed by atoms with E-state index in [1.165, 1.54) is 5.57 Å². The highest BCUT2D eigenvalue weighted by Gasteiger charge is 2.48. The summed E-state index contributed by atoms with van der Waals surface area (Å²) >= 11 is 0. The number of amides is 4. The molecule has 4 aliphatic rings. The number of anilines is 1. The number of fused-ring (bicyclic) bond motifs is 1. The number of imide groups is 2. The molecule has 10 nitrogen and oxygen atoms in total. The van der Waals surface area contributed by atoms with Crippen LogP contribution in [-0.4, -0.2) is 103 Å². The van der Waals surface area contributed by atoms with E-state index in [4.69, 9.17) is 15.7 Å². The first-order valence-electron chi connectivity index (χ1n) is 23.8. The second-order valence-corrected chi connectivity index (χ2v) is 14.9. The third-order valence-electron chi connectivity index (χ3n) is 11.2. The van der Waals surface area contributed by atoms with Crippen LogP contribution in [0.3, 0.4) is 0 Å². The Bertz CT molecular complexity index is 2590. The molecule has 0 spiro atoms. The third-order valence-corrected chi connectivity index (χ3v) is 11.2. The maximum Gasteiger partial charge on any atom is 0.265 e. The molecule has 3 saturated heterocycles. The molecule has 1 unspecified atom stereocenters. The van der Waals surface area contributed by atoms with Gasteiger partial charge in [0.2, 0.25) is 11.8 Å². The Labute approximate surface area is 354 Å². The average Bonchev–Trinajstić information content (AvgIpc) is 3.56. The van der Waals surface area contributed by atoms with Crippen LogP contribution in [0.5, 0.6) is 5.75 Å². The van der Waals surface area contributed by atoms with Crippen molar-refractivity contribution in [2.45, 2.75) is 45.1 Å². The molecule has 4 aliphatic heterocycles. The summed E-state index contributed by atoms with van der Waals surface area (Å²) in [6, 6.07) is 27.1. The average molecular weight is 810 g/mol. The van der Waals surface area contributed by atoms with Crippen molar-refractivity contribution < 1.29 is 43.7 Å². The highest BCUT2D eigenvalue weighted by Crippen LogP contribution is 2.37. The first-order chi connectivity index (χ1) is 31.7. The number of ether oxygens (including phenoxy) is 1. The molecular formula is C47H49F2N5O5. The van der Waals surface area contributed by atoms with Crippen LogP contribution < -0.4 is 15.0 Å². The third kappa shape index (κ3) is 8.42. The number of nitrogens with one attached hydrogen (secondary N) is 1. The molecule has 306 valence electrons. The fourth-order valence-electron chi connectivity index (χ4n) is 8.16. The largest absolute Gasteiger partial charge is 0.492 e. The number of benzene rings is 4. The summed E-state index contributed by atoms with van der Waals surface area (Å²) in [5, 5.41) is 1.95. The summed E-state index contributed by atoms with van der Waals surface area (Å²) < 4.78 is 110. The van der Waals surface area contributed by atoms with Gasteiger partial charge in [0.1, 0.15) is 24.2 Å². The summed E-state index contributed by atoms with van der Waals surface area (Å²) in [6.45, 7) is -10.4. The number of nitrogens with zero attached hydrogens (tertiary/aromatic N) is 4. The second-order valence-electron chi connectivity index (χ2n) is 14.9. The molecule has 4 heterocycles. The van der Waals surface area contributed by atoms with Gasteiger partial charge in [0, 0.05) is 57.0 Å². The summed E-state index contributed by atoms with van der Waals surface area (Å²) in [7, 11) is 0. The van der Waals surface area contributed by atoms with Crippen LogP contribution in [0.25, 0.3) is 11.1 Å². The van der Waals surface area contributed by atoms with Gasteiger partial charge in [-0.15, -0.1) is 0 Å². The Morgan fingerprint density at radius 3 is 2.05 bits per heavy atom. The molecule has 1 N–H and O–H groups in total. The molecule has 4 aromatic rings. The molecule has 4 amide bonds. The molecule has 0 radical (unpaired) electrons. The van der Waals surface area contributed by atoms with Gasteiger partial charge in [-0.2, -0.15) is 0 Å². The minimum Gasteiger partial charge on any atom is -0.492 e. The van der Waals surface area contributed by atoms with Crippen LogP contribution in [-0.2, 0) is 9.59 Å². The first-order valence-corrected chi connectivity index (χ1v) is 19.8. The number of halogens is 2. The number of hydrogen-bond acceptors (Lipinski definition) is 8. The van der Waals surface area contributed by atoms with E-state index in [1.54, 1.807) is 0 Å².